The molecule has 3 heterocycles. The molecule has 166 valence electrons. The maximum Gasteiger partial charge on any atom is 0.231 e. The van der Waals surface area contributed by atoms with Crippen LogP contribution >= 0.6 is 0 Å². The number of phenolic OH excluding ortho intramolecular Hbond substituents is 1. The minimum Gasteiger partial charge on any atom is -0.507 e. The molecule has 0 spiro atoms. The molecule has 0 amide bonds. The second-order valence-electron chi connectivity index (χ2n) is 8.77. The lowest BCUT2D eigenvalue weighted by Gasteiger charge is -2.33. The Labute approximate surface area is 187 Å². The maximum absolute atomic E-state index is 13.2. The zero-order chi connectivity index (χ0) is 22.4. The molecule has 5 rings (SSSR count). The fourth-order valence-corrected chi connectivity index (χ4v) is 4.83. The normalized spacial score (nSPS) is 20.0. The predicted octanol–water partition coefficient (Wildman–Crippen LogP) is 4.88. The summed E-state index contributed by atoms with van der Waals surface area (Å²) in [6.07, 6.45) is 7.29. The molecule has 1 atom stereocenters. The number of hydrogen-bond acceptors (Lipinski definition) is 5. The molecule has 6 heteroatoms. The standard InChI is InChI=1S/C26H28N2O4/c1-16-6-4-5-11-28(16)15-21-23(29)10-8-19-25(30)24(32-26(19)21)12-17-14-27(2)22-9-7-18(31-3)13-20(17)22/h7-10,12-14,16,29H,4-6,11,15H2,1-3H3/b24-12+/t16-/m1/s1. The molecule has 0 aliphatic carbocycles. The van der Waals surface area contributed by atoms with Gasteiger partial charge in [-0.3, -0.25) is 9.69 Å². The number of benzene rings is 2. The second kappa shape index (κ2) is 8.02. The zero-order valence-electron chi connectivity index (χ0n) is 18.7. The number of hydrogen-bond donors (Lipinski definition) is 1. The van der Waals surface area contributed by atoms with Crippen molar-refractivity contribution in [3.8, 4) is 17.2 Å². The summed E-state index contributed by atoms with van der Waals surface area (Å²) in [5.41, 5.74) is 3.12. The van der Waals surface area contributed by atoms with Gasteiger partial charge in [-0.05, 0) is 62.7 Å². The average molecular weight is 433 g/mol. The Hall–Kier alpha value is -3.25. The van der Waals surface area contributed by atoms with Gasteiger partial charge in [0.1, 0.15) is 17.2 Å². The van der Waals surface area contributed by atoms with Crippen molar-refractivity contribution in [3.05, 3.63) is 59.0 Å². The number of carbonyl (C=O) groups is 1. The van der Waals surface area contributed by atoms with E-state index in [1.54, 1.807) is 25.3 Å². The van der Waals surface area contributed by atoms with Crippen molar-refractivity contribution in [2.75, 3.05) is 13.7 Å². The maximum atomic E-state index is 13.2. The number of Topliss-reactive ketones (excluding diaryl/α,β-unsaturated/α-hetero) is 1. The molecule has 1 fully saturated rings. The highest BCUT2D eigenvalue weighted by Crippen LogP contribution is 2.41. The van der Waals surface area contributed by atoms with E-state index in [1.165, 1.54) is 6.42 Å². The van der Waals surface area contributed by atoms with Crippen LogP contribution in [-0.2, 0) is 13.6 Å². The van der Waals surface area contributed by atoms with Gasteiger partial charge in [0.15, 0.2) is 5.76 Å². The summed E-state index contributed by atoms with van der Waals surface area (Å²) in [4.78, 5) is 15.5. The minimum absolute atomic E-state index is 0.159. The van der Waals surface area contributed by atoms with E-state index in [4.69, 9.17) is 9.47 Å². The molecule has 32 heavy (non-hydrogen) atoms. The van der Waals surface area contributed by atoms with E-state index in [1.807, 2.05) is 36.0 Å². The fraction of sp³-hybridized carbons (Fsp3) is 0.346. The molecule has 0 saturated carbocycles. The first kappa shape index (κ1) is 20.6. The van der Waals surface area contributed by atoms with Gasteiger partial charge >= 0.3 is 0 Å². The molecule has 2 aliphatic rings. The molecule has 1 saturated heterocycles. The van der Waals surface area contributed by atoms with E-state index < -0.39 is 0 Å². The molecule has 0 unspecified atom stereocenters. The number of piperidine rings is 1. The van der Waals surface area contributed by atoms with Crippen molar-refractivity contribution in [1.29, 1.82) is 0 Å². The molecule has 1 aromatic heterocycles. The summed E-state index contributed by atoms with van der Waals surface area (Å²) in [5.74, 6) is 1.53. The van der Waals surface area contributed by atoms with Gasteiger partial charge in [-0.25, -0.2) is 0 Å². The number of carbonyl (C=O) groups excluding carboxylic acids is 1. The number of aromatic hydroxyl groups is 1. The monoisotopic (exact) mass is 432 g/mol. The number of aromatic nitrogens is 1. The highest BCUT2D eigenvalue weighted by atomic mass is 16.5. The van der Waals surface area contributed by atoms with Gasteiger partial charge in [0, 0.05) is 42.3 Å². The highest BCUT2D eigenvalue weighted by Gasteiger charge is 2.32. The third kappa shape index (κ3) is 3.45. The van der Waals surface area contributed by atoms with Gasteiger partial charge < -0.3 is 19.1 Å². The third-order valence-corrected chi connectivity index (χ3v) is 6.73. The Morgan fingerprint density at radius 2 is 2.09 bits per heavy atom. The van der Waals surface area contributed by atoms with Gasteiger partial charge in [-0.1, -0.05) is 6.42 Å². The average Bonchev–Trinajstić information content (AvgIpc) is 3.28. The van der Waals surface area contributed by atoms with E-state index in [2.05, 4.69) is 11.8 Å². The van der Waals surface area contributed by atoms with Gasteiger partial charge in [0.2, 0.25) is 5.78 Å². The summed E-state index contributed by atoms with van der Waals surface area (Å²) >= 11 is 0. The number of methoxy groups -OCH3 is 1. The van der Waals surface area contributed by atoms with Gasteiger partial charge in [-0.15, -0.1) is 0 Å². The lowest BCUT2D eigenvalue weighted by Crippen LogP contribution is -2.36. The fourth-order valence-electron chi connectivity index (χ4n) is 4.83. The number of ketones is 1. The summed E-state index contributed by atoms with van der Waals surface area (Å²) in [6.45, 7) is 3.77. The lowest BCUT2D eigenvalue weighted by atomic mass is 10.0. The van der Waals surface area contributed by atoms with E-state index in [-0.39, 0.29) is 17.3 Å². The van der Waals surface area contributed by atoms with Crippen LogP contribution < -0.4 is 9.47 Å². The second-order valence-corrected chi connectivity index (χ2v) is 8.77. The molecule has 0 bridgehead atoms. The first-order chi connectivity index (χ1) is 15.5. The zero-order valence-corrected chi connectivity index (χ0v) is 18.7. The Morgan fingerprint density at radius 1 is 1.25 bits per heavy atom. The molecule has 6 nitrogen and oxygen atoms in total. The van der Waals surface area contributed by atoms with Crippen LogP contribution in [0.4, 0.5) is 0 Å². The molecule has 0 radical (unpaired) electrons. The van der Waals surface area contributed by atoms with Crippen LogP contribution in [-0.4, -0.2) is 40.1 Å². The molecule has 1 N–H and O–H groups in total. The molecule has 2 aliphatic heterocycles. The Balaban J connectivity index is 1.52. The number of fused-ring (bicyclic) bond motifs is 2. The van der Waals surface area contributed by atoms with Crippen LogP contribution in [0.5, 0.6) is 17.2 Å². The summed E-state index contributed by atoms with van der Waals surface area (Å²) in [5, 5.41) is 11.6. The molecular weight excluding hydrogens is 404 g/mol. The number of aryl methyl sites for hydroxylation is 1. The number of ether oxygens (including phenoxy) is 2. The molecule has 3 aromatic rings. The van der Waals surface area contributed by atoms with Gasteiger partial charge in [0.05, 0.1) is 18.2 Å². The number of allylic oxidation sites excluding steroid dienone is 1. The summed E-state index contributed by atoms with van der Waals surface area (Å²) in [6, 6.07) is 9.58. The number of likely N-dealkylation sites (tertiary alicyclic amines) is 1. The Bertz CT molecular complexity index is 1240. The molecule has 2 aromatic carbocycles. The van der Waals surface area contributed by atoms with Gasteiger partial charge in [-0.2, -0.15) is 0 Å². The van der Waals surface area contributed by atoms with Gasteiger partial charge in [0.25, 0.3) is 0 Å². The van der Waals surface area contributed by atoms with Crippen molar-refractivity contribution < 1.29 is 19.4 Å². The summed E-state index contributed by atoms with van der Waals surface area (Å²) < 4.78 is 13.5. The number of phenols is 1. The van der Waals surface area contributed by atoms with E-state index in [9.17, 15) is 9.90 Å². The minimum atomic E-state index is -0.159. The first-order valence-electron chi connectivity index (χ1n) is 11.1. The van der Waals surface area contributed by atoms with E-state index in [0.717, 1.165) is 41.6 Å². The third-order valence-electron chi connectivity index (χ3n) is 6.73. The summed E-state index contributed by atoms with van der Waals surface area (Å²) in [7, 11) is 3.61. The quantitative estimate of drug-likeness (QED) is 0.595. The van der Waals surface area contributed by atoms with Crippen LogP contribution in [0.15, 0.2) is 42.3 Å². The van der Waals surface area contributed by atoms with Crippen molar-refractivity contribution in [3.63, 3.8) is 0 Å². The smallest absolute Gasteiger partial charge is 0.231 e. The van der Waals surface area contributed by atoms with Crippen LogP contribution in [0.1, 0.15) is 47.7 Å². The first-order valence-corrected chi connectivity index (χ1v) is 11.1. The lowest BCUT2D eigenvalue weighted by molar-refractivity contribution is 0.101. The van der Waals surface area contributed by atoms with Crippen LogP contribution in [0.2, 0.25) is 0 Å². The van der Waals surface area contributed by atoms with E-state index in [0.29, 0.717) is 29.5 Å². The number of nitrogens with zero attached hydrogens (tertiary/aromatic N) is 2. The predicted molar refractivity (Wildman–Crippen MR) is 124 cm³/mol. The Kier molecular flexibility index (Phi) is 5.18. The van der Waals surface area contributed by atoms with Crippen molar-refractivity contribution >= 4 is 22.8 Å². The Morgan fingerprint density at radius 3 is 2.88 bits per heavy atom. The van der Waals surface area contributed by atoms with Crippen LogP contribution in [0, 0.1) is 0 Å². The topological polar surface area (TPSA) is 63.9 Å². The number of rotatable bonds is 4. The van der Waals surface area contributed by atoms with E-state index >= 15 is 0 Å². The van der Waals surface area contributed by atoms with Crippen molar-refractivity contribution in [1.82, 2.24) is 9.47 Å². The van der Waals surface area contributed by atoms with Crippen LogP contribution in [0.3, 0.4) is 0 Å². The van der Waals surface area contributed by atoms with Crippen molar-refractivity contribution in [2.24, 2.45) is 7.05 Å². The molecular formula is C26H28N2O4. The van der Waals surface area contributed by atoms with Crippen molar-refractivity contribution in [2.45, 2.75) is 38.8 Å². The largest absolute Gasteiger partial charge is 0.507 e. The van der Waals surface area contributed by atoms with Crippen LogP contribution in [0.25, 0.3) is 17.0 Å². The SMILES string of the molecule is COc1ccc2c(c1)c(/C=C1/Oc3c(ccc(O)c3CN3CCCC[C@H]3C)C1=O)cn2C. The highest BCUT2D eigenvalue weighted by molar-refractivity contribution is 6.15.